The Morgan fingerprint density at radius 2 is 2.11 bits per heavy atom. The Morgan fingerprint density at radius 1 is 1.33 bits per heavy atom. The third kappa shape index (κ3) is 2.25. The minimum absolute atomic E-state index is 0.154. The number of aromatic nitrogens is 3. The zero-order valence-corrected chi connectivity index (χ0v) is 9.31. The second-order valence-corrected chi connectivity index (χ2v) is 4.35. The standard InChI is InChI=1S/C11H10F3N3O/c12-11(13,14)8-5-17-9(15-8)3-4-10(16-17)18-6-7-1-2-7/h3-5,7H,1-2,6H2. The lowest BCUT2D eigenvalue weighted by Crippen LogP contribution is -2.04. The van der Waals surface area contributed by atoms with Gasteiger partial charge in [-0.1, -0.05) is 0 Å². The van der Waals surface area contributed by atoms with Crippen LogP contribution in [0.15, 0.2) is 18.3 Å². The lowest BCUT2D eigenvalue weighted by atomic mass is 10.5. The van der Waals surface area contributed by atoms with Crippen LogP contribution in [0.1, 0.15) is 18.5 Å². The van der Waals surface area contributed by atoms with E-state index in [9.17, 15) is 13.2 Å². The van der Waals surface area contributed by atoms with E-state index in [1.807, 2.05) is 0 Å². The number of fused-ring (bicyclic) bond motifs is 1. The molecule has 3 rings (SSSR count). The Kier molecular flexibility index (Phi) is 2.42. The summed E-state index contributed by atoms with van der Waals surface area (Å²) in [5, 5.41) is 3.94. The minimum Gasteiger partial charge on any atom is -0.476 e. The molecule has 4 nitrogen and oxygen atoms in total. The largest absolute Gasteiger partial charge is 0.476 e. The molecule has 0 aliphatic heterocycles. The first kappa shape index (κ1) is 11.3. The fourth-order valence-corrected chi connectivity index (χ4v) is 1.57. The third-order valence-electron chi connectivity index (χ3n) is 2.75. The van der Waals surface area contributed by atoms with Gasteiger partial charge in [0.15, 0.2) is 11.3 Å². The predicted octanol–water partition coefficient (Wildman–Crippen LogP) is 2.54. The average Bonchev–Trinajstić information content (AvgIpc) is 3.02. The Bertz CT molecular complexity index is 574. The van der Waals surface area contributed by atoms with Gasteiger partial charge < -0.3 is 4.74 Å². The molecule has 1 saturated carbocycles. The molecular formula is C11H10F3N3O. The van der Waals surface area contributed by atoms with E-state index in [1.165, 1.54) is 12.1 Å². The van der Waals surface area contributed by atoms with E-state index in [-0.39, 0.29) is 5.65 Å². The molecule has 0 aromatic carbocycles. The molecule has 0 atom stereocenters. The van der Waals surface area contributed by atoms with Crippen LogP contribution >= 0.6 is 0 Å². The molecule has 1 aliphatic rings. The maximum Gasteiger partial charge on any atom is 0.434 e. The first-order valence-corrected chi connectivity index (χ1v) is 5.59. The van der Waals surface area contributed by atoms with Crippen LogP contribution < -0.4 is 4.74 Å². The lowest BCUT2D eigenvalue weighted by molar-refractivity contribution is -0.140. The quantitative estimate of drug-likeness (QED) is 0.848. The van der Waals surface area contributed by atoms with E-state index >= 15 is 0 Å². The summed E-state index contributed by atoms with van der Waals surface area (Å²) in [6.07, 6.45) is -1.31. The SMILES string of the molecule is FC(F)(F)c1cn2nc(OCC3CC3)ccc2n1. The predicted molar refractivity (Wildman–Crippen MR) is 56.2 cm³/mol. The van der Waals surface area contributed by atoms with Gasteiger partial charge in [-0.15, -0.1) is 5.10 Å². The number of alkyl halides is 3. The molecule has 7 heteroatoms. The molecule has 18 heavy (non-hydrogen) atoms. The first-order chi connectivity index (χ1) is 8.52. The lowest BCUT2D eigenvalue weighted by Gasteiger charge is -2.03. The highest BCUT2D eigenvalue weighted by Crippen LogP contribution is 2.30. The molecule has 0 radical (unpaired) electrons. The normalized spacial score (nSPS) is 16.2. The van der Waals surface area contributed by atoms with Crippen LogP contribution in [-0.4, -0.2) is 21.2 Å². The van der Waals surface area contributed by atoms with Crippen molar-refractivity contribution in [3.63, 3.8) is 0 Å². The van der Waals surface area contributed by atoms with Gasteiger partial charge in [0.05, 0.1) is 12.8 Å². The number of hydrogen-bond acceptors (Lipinski definition) is 3. The third-order valence-corrected chi connectivity index (χ3v) is 2.75. The van der Waals surface area contributed by atoms with Crippen molar-refractivity contribution >= 4 is 5.65 Å². The van der Waals surface area contributed by atoms with Gasteiger partial charge in [0, 0.05) is 6.07 Å². The number of ether oxygens (including phenoxy) is 1. The van der Waals surface area contributed by atoms with Gasteiger partial charge in [0.1, 0.15) is 0 Å². The van der Waals surface area contributed by atoms with Crippen LogP contribution in [0.4, 0.5) is 13.2 Å². The van der Waals surface area contributed by atoms with Crippen LogP contribution in [0, 0.1) is 5.92 Å². The molecule has 1 aliphatic carbocycles. The summed E-state index contributed by atoms with van der Waals surface area (Å²) < 4.78 is 43.8. The number of imidazole rings is 1. The van der Waals surface area contributed by atoms with E-state index in [4.69, 9.17) is 4.74 Å². The molecule has 2 heterocycles. The highest BCUT2D eigenvalue weighted by molar-refractivity contribution is 5.40. The summed E-state index contributed by atoms with van der Waals surface area (Å²) in [4.78, 5) is 3.45. The summed E-state index contributed by atoms with van der Waals surface area (Å²) in [6.45, 7) is 0.569. The number of hydrogen-bond donors (Lipinski definition) is 0. The molecule has 2 aromatic rings. The van der Waals surface area contributed by atoms with Crippen molar-refractivity contribution in [3.8, 4) is 5.88 Å². The molecule has 96 valence electrons. The summed E-state index contributed by atoms with van der Waals surface area (Å²) in [6, 6.07) is 3.00. The number of rotatable bonds is 3. The van der Waals surface area contributed by atoms with E-state index in [0.29, 0.717) is 18.4 Å². The molecular weight excluding hydrogens is 247 g/mol. The zero-order chi connectivity index (χ0) is 12.8. The van der Waals surface area contributed by atoms with E-state index in [2.05, 4.69) is 10.1 Å². The minimum atomic E-state index is -4.46. The van der Waals surface area contributed by atoms with Crippen molar-refractivity contribution in [1.82, 2.24) is 14.6 Å². The monoisotopic (exact) mass is 257 g/mol. The molecule has 0 bridgehead atoms. The van der Waals surface area contributed by atoms with Crippen LogP contribution in [0.3, 0.4) is 0 Å². The molecule has 0 N–H and O–H groups in total. The van der Waals surface area contributed by atoms with Gasteiger partial charge in [-0.2, -0.15) is 13.2 Å². The molecule has 0 amide bonds. The Labute approximate surface area is 100 Å². The van der Waals surface area contributed by atoms with Crippen molar-refractivity contribution < 1.29 is 17.9 Å². The molecule has 0 unspecified atom stereocenters. The van der Waals surface area contributed by atoms with E-state index in [0.717, 1.165) is 23.6 Å². The highest BCUT2D eigenvalue weighted by atomic mass is 19.4. The van der Waals surface area contributed by atoms with Crippen LogP contribution in [0.25, 0.3) is 5.65 Å². The van der Waals surface area contributed by atoms with Gasteiger partial charge in [0.2, 0.25) is 5.88 Å². The topological polar surface area (TPSA) is 39.4 Å². The molecule has 2 aromatic heterocycles. The maximum absolute atomic E-state index is 12.5. The van der Waals surface area contributed by atoms with Crippen molar-refractivity contribution in [2.75, 3.05) is 6.61 Å². The van der Waals surface area contributed by atoms with E-state index < -0.39 is 11.9 Å². The smallest absolute Gasteiger partial charge is 0.434 e. The molecule has 0 saturated heterocycles. The van der Waals surface area contributed by atoms with Gasteiger partial charge in [-0.3, -0.25) is 0 Å². The Hall–Kier alpha value is -1.79. The first-order valence-electron chi connectivity index (χ1n) is 5.59. The fourth-order valence-electron chi connectivity index (χ4n) is 1.57. The zero-order valence-electron chi connectivity index (χ0n) is 9.31. The Balaban J connectivity index is 1.86. The van der Waals surface area contributed by atoms with Crippen LogP contribution in [-0.2, 0) is 6.18 Å². The van der Waals surface area contributed by atoms with Gasteiger partial charge >= 0.3 is 6.18 Å². The van der Waals surface area contributed by atoms with Crippen LogP contribution in [0.5, 0.6) is 5.88 Å². The molecule has 0 spiro atoms. The van der Waals surface area contributed by atoms with Crippen molar-refractivity contribution in [3.05, 3.63) is 24.0 Å². The maximum atomic E-state index is 12.5. The molecule has 1 fully saturated rings. The fraction of sp³-hybridized carbons (Fsp3) is 0.455. The summed E-state index contributed by atoms with van der Waals surface area (Å²) in [5.74, 6) is 0.886. The number of halogens is 3. The highest BCUT2D eigenvalue weighted by Gasteiger charge is 2.34. The van der Waals surface area contributed by atoms with Gasteiger partial charge in [-0.25, -0.2) is 9.50 Å². The van der Waals surface area contributed by atoms with Gasteiger partial charge in [0.25, 0.3) is 0 Å². The van der Waals surface area contributed by atoms with Crippen molar-refractivity contribution in [2.45, 2.75) is 19.0 Å². The second kappa shape index (κ2) is 3.86. The Morgan fingerprint density at radius 3 is 2.78 bits per heavy atom. The van der Waals surface area contributed by atoms with Gasteiger partial charge in [-0.05, 0) is 24.8 Å². The number of nitrogens with zero attached hydrogens (tertiary/aromatic N) is 3. The van der Waals surface area contributed by atoms with Crippen molar-refractivity contribution in [1.29, 1.82) is 0 Å². The summed E-state index contributed by atoms with van der Waals surface area (Å²) >= 11 is 0. The summed E-state index contributed by atoms with van der Waals surface area (Å²) in [7, 11) is 0. The van der Waals surface area contributed by atoms with Crippen molar-refractivity contribution in [2.24, 2.45) is 5.92 Å². The average molecular weight is 257 g/mol. The second-order valence-electron chi connectivity index (χ2n) is 4.35. The van der Waals surface area contributed by atoms with E-state index in [1.54, 1.807) is 0 Å². The summed E-state index contributed by atoms with van der Waals surface area (Å²) in [5.41, 5.74) is -0.796. The van der Waals surface area contributed by atoms with Crippen LogP contribution in [0.2, 0.25) is 0 Å².